The van der Waals surface area contributed by atoms with Crippen molar-refractivity contribution in [1.82, 2.24) is 9.97 Å². The van der Waals surface area contributed by atoms with Crippen LogP contribution in [0.5, 0.6) is 23.0 Å². The maximum absolute atomic E-state index is 13.4. The van der Waals surface area contributed by atoms with Crippen molar-refractivity contribution in [2.75, 3.05) is 19.1 Å². The molecule has 8 nitrogen and oxygen atoms in total. The third kappa shape index (κ3) is 3.86. The Balaban J connectivity index is 1.59. The fraction of sp³-hybridized carbons (Fsp3) is 0.222. The third-order valence-corrected chi connectivity index (χ3v) is 6.46. The van der Waals surface area contributed by atoms with Gasteiger partial charge in [-0.25, -0.2) is 9.97 Å². The summed E-state index contributed by atoms with van der Waals surface area (Å²) in [6.07, 6.45) is 3.10. The number of anilines is 1. The highest BCUT2D eigenvalue weighted by atomic mass is 16.5. The van der Waals surface area contributed by atoms with E-state index in [2.05, 4.69) is 16.0 Å². The highest BCUT2D eigenvalue weighted by Crippen LogP contribution is 2.39. The lowest BCUT2D eigenvalue weighted by Crippen LogP contribution is -2.42. The zero-order valence-electron chi connectivity index (χ0n) is 19.6. The number of phenolic OH excluding ortho intramolecular Hbond substituents is 2. The van der Waals surface area contributed by atoms with E-state index in [-0.39, 0.29) is 29.0 Å². The van der Waals surface area contributed by atoms with Crippen LogP contribution in [0.3, 0.4) is 0 Å². The number of hydrogen-bond donors (Lipinski definition) is 2. The molecule has 35 heavy (non-hydrogen) atoms. The summed E-state index contributed by atoms with van der Waals surface area (Å²) in [7, 11) is 3.17. The van der Waals surface area contributed by atoms with Gasteiger partial charge in [-0.05, 0) is 55.7 Å². The van der Waals surface area contributed by atoms with Gasteiger partial charge in [-0.3, -0.25) is 4.79 Å². The largest absolute Gasteiger partial charge is 0.508 e. The van der Waals surface area contributed by atoms with Crippen LogP contribution >= 0.6 is 0 Å². The fourth-order valence-electron chi connectivity index (χ4n) is 4.65. The van der Waals surface area contributed by atoms with E-state index in [1.54, 1.807) is 19.1 Å². The number of amides is 1. The average Bonchev–Trinajstić information content (AvgIpc) is 2.86. The normalized spacial score (nSPS) is 15.1. The van der Waals surface area contributed by atoms with E-state index in [4.69, 9.17) is 9.47 Å². The Hall–Kier alpha value is -4.33. The van der Waals surface area contributed by atoms with Gasteiger partial charge >= 0.3 is 0 Å². The molecule has 0 aliphatic carbocycles. The summed E-state index contributed by atoms with van der Waals surface area (Å²) < 4.78 is 10.9. The molecule has 1 aliphatic rings. The summed E-state index contributed by atoms with van der Waals surface area (Å²) in [6, 6.07) is 13.6. The molecule has 8 heteroatoms. The number of carbonyl (C=O) groups is 1. The Bertz CT molecular complexity index is 1450. The van der Waals surface area contributed by atoms with Gasteiger partial charge in [-0.2, -0.15) is 0 Å². The van der Waals surface area contributed by atoms with Crippen LogP contribution in [0.2, 0.25) is 0 Å². The van der Waals surface area contributed by atoms with Crippen LogP contribution in [0.4, 0.5) is 5.69 Å². The van der Waals surface area contributed by atoms with Gasteiger partial charge in [0, 0.05) is 34.8 Å². The predicted octanol–water partition coefficient (Wildman–Crippen LogP) is 4.71. The molecule has 0 fully saturated rings. The molecule has 4 aromatic rings. The molecule has 5 rings (SSSR count). The van der Waals surface area contributed by atoms with Crippen molar-refractivity contribution in [3.8, 4) is 34.3 Å². The molecule has 0 unspecified atom stereocenters. The van der Waals surface area contributed by atoms with Crippen molar-refractivity contribution in [3.05, 3.63) is 66.0 Å². The molecular weight excluding hydrogens is 446 g/mol. The first-order valence-electron chi connectivity index (χ1n) is 11.3. The minimum absolute atomic E-state index is 0.0503. The molecule has 0 saturated carbocycles. The Morgan fingerprint density at radius 2 is 1.77 bits per heavy atom. The summed E-state index contributed by atoms with van der Waals surface area (Å²) in [6.45, 7) is 1.99. The predicted molar refractivity (Wildman–Crippen MR) is 132 cm³/mol. The summed E-state index contributed by atoms with van der Waals surface area (Å²) in [5.41, 5.74) is 4.35. The van der Waals surface area contributed by atoms with Gasteiger partial charge in [0.05, 0.1) is 31.0 Å². The summed E-state index contributed by atoms with van der Waals surface area (Å²) in [4.78, 5) is 24.1. The third-order valence-electron chi connectivity index (χ3n) is 6.46. The molecule has 1 aliphatic heterocycles. The lowest BCUT2D eigenvalue weighted by Gasteiger charge is -2.35. The van der Waals surface area contributed by atoms with Crippen LogP contribution in [-0.2, 0) is 6.42 Å². The smallest absolute Gasteiger partial charge is 0.262 e. The van der Waals surface area contributed by atoms with E-state index in [0.717, 1.165) is 46.3 Å². The fourth-order valence-corrected chi connectivity index (χ4v) is 4.65. The summed E-state index contributed by atoms with van der Waals surface area (Å²) >= 11 is 0. The number of aryl methyl sites for hydroxylation is 1. The topological polar surface area (TPSA) is 105 Å². The zero-order chi connectivity index (χ0) is 24.7. The minimum Gasteiger partial charge on any atom is -0.508 e. The average molecular weight is 472 g/mol. The Labute approximate surface area is 202 Å². The first-order valence-corrected chi connectivity index (χ1v) is 11.3. The molecule has 2 N–H and O–H groups in total. The second-order valence-corrected chi connectivity index (χ2v) is 8.55. The van der Waals surface area contributed by atoms with Crippen LogP contribution < -0.4 is 14.4 Å². The van der Waals surface area contributed by atoms with E-state index < -0.39 is 0 Å². The van der Waals surface area contributed by atoms with Crippen molar-refractivity contribution in [2.45, 2.75) is 25.8 Å². The Kier molecular flexibility index (Phi) is 5.64. The van der Waals surface area contributed by atoms with Crippen LogP contribution in [0.25, 0.3) is 22.2 Å². The molecule has 1 aromatic heterocycles. The van der Waals surface area contributed by atoms with Gasteiger partial charge in [0.1, 0.15) is 17.8 Å². The zero-order valence-corrected chi connectivity index (χ0v) is 19.6. The molecule has 1 atom stereocenters. The molecule has 2 heterocycles. The lowest BCUT2D eigenvalue weighted by molar-refractivity contribution is 0.0972. The van der Waals surface area contributed by atoms with Gasteiger partial charge in [0.2, 0.25) is 0 Å². The van der Waals surface area contributed by atoms with Crippen molar-refractivity contribution >= 4 is 22.5 Å². The van der Waals surface area contributed by atoms with Crippen molar-refractivity contribution < 1.29 is 24.5 Å². The second-order valence-electron chi connectivity index (χ2n) is 8.55. The highest BCUT2D eigenvalue weighted by Gasteiger charge is 2.31. The monoisotopic (exact) mass is 471 g/mol. The number of fused-ring (bicyclic) bond motifs is 2. The molecule has 0 spiro atoms. The number of ether oxygens (including phenoxy) is 2. The van der Waals surface area contributed by atoms with E-state index >= 15 is 0 Å². The van der Waals surface area contributed by atoms with Crippen LogP contribution in [0.1, 0.15) is 29.3 Å². The number of aromatic hydroxyl groups is 2. The molecular formula is C27H25N3O5. The summed E-state index contributed by atoms with van der Waals surface area (Å²) in [5.74, 6) is 0.530. The number of nitrogens with zero attached hydrogens (tertiary/aromatic N) is 3. The van der Waals surface area contributed by atoms with Crippen molar-refractivity contribution in [2.24, 2.45) is 0 Å². The number of phenols is 2. The molecule has 178 valence electrons. The van der Waals surface area contributed by atoms with Crippen LogP contribution in [0, 0.1) is 0 Å². The number of carbonyl (C=O) groups excluding carboxylic acids is 1. The van der Waals surface area contributed by atoms with Gasteiger partial charge in [0.25, 0.3) is 5.91 Å². The van der Waals surface area contributed by atoms with Gasteiger partial charge < -0.3 is 24.6 Å². The van der Waals surface area contributed by atoms with E-state index in [0.29, 0.717) is 11.5 Å². The SMILES string of the molecule is COc1cc2ncnc(-c3ccc4c(c3)CC[C@H](C)N4C(=O)c3ccc(O)cc3O)c2cc1OC. The number of methoxy groups -OCH3 is 2. The standard InChI is InChI=1S/C27H25N3O5/c1-15-4-5-16-10-17(26-20-12-24(34-2)25(35-3)13-21(20)28-14-29-26)6-9-22(16)30(15)27(33)19-8-7-18(31)11-23(19)32/h6-15,31-32H,4-5H2,1-3H3/t15-/m0/s1. The quantitative estimate of drug-likeness (QED) is 0.444. The van der Waals surface area contributed by atoms with Crippen LogP contribution in [0.15, 0.2) is 54.9 Å². The number of rotatable bonds is 4. The highest BCUT2D eigenvalue weighted by molar-refractivity contribution is 6.09. The Morgan fingerprint density at radius 3 is 2.51 bits per heavy atom. The van der Waals surface area contributed by atoms with Gasteiger partial charge in [0.15, 0.2) is 11.5 Å². The van der Waals surface area contributed by atoms with E-state index in [1.165, 1.54) is 24.5 Å². The molecule has 0 bridgehead atoms. The molecule has 0 radical (unpaired) electrons. The molecule has 3 aromatic carbocycles. The van der Waals surface area contributed by atoms with Crippen LogP contribution in [-0.4, -0.2) is 46.3 Å². The Morgan fingerprint density at radius 1 is 1.00 bits per heavy atom. The maximum Gasteiger partial charge on any atom is 0.262 e. The van der Waals surface area contributed by atoms with Gasteiger partial charge in [-0.1, -0.05) is 6.07 Å². The van der Waals surface area contributed by atoms with Gasteiger partial charge in [-0.15, -0.1) is 0 Å². The minimum atomic E-state index is -0.312. The molecule has 0 saturated heterocycles. The van der Waals surface area contributed by atoms with Crippen molar-refractivity contribution in [1.29, 1.82) is 0 Å². The van der Waals surface area contributed by atoms with Crippen molar-refractivity contribution in [3.63, 3.8) is 0 Å². The van der Waals surface area contributed by atoms with E-state index in [1.807, 2.05) is 31.2 Å². The first-order chi connectivity index (χ1) is 16.9. The molecule has 1 amide bonds. The van der Waals surface area contributed by atoms with E-state index in [9.17, 15) is 15.0 Å². The number of hydrogen-bond acceptors (Lipinski definition) is 7. The maximum atomic E-state index is 13.4. The number of benzene rings is 3. The first kappa shape index (κ1) is 22.5. The lowest BCUT2D eigenvalue weighted by atomic mass is 9.92. The second kappa shape index (κ2) is 8.79. The summed E-state index contributed by atoms with van der Waals surface area (Å²) in [5, 5.41) is 20.7. The number of aromatic nitrogens is 2.